The van der Waals surface area contributed by atoms with Crippen LogP contribution in [0.4, 0.5) is 5.13 Å². The highest BCUT2D eigenvalue weighted by Crippen LogP contribution is 2.24. The molecule has 6 nitrogen and oxygen atoms in total. The van der Waals surface area contributed by atoms with E-state index in [9.17, 15) is 13.2 Å². The van der Waals surface area contributed by atoms with Gasteiger partial charge in [0.05, 0.1) is 23.1 Å². The molecule has 2 saturated heterocycles. The average Bonchev–Trinajstić information content (AvgIpc) is 2.96. The van der Waals surface area contributed by atoms with Crippen LogP contribution in [-0.2, 0) is 14.6 Å². The molecule has 0 bridgehead atoms. The first-order valence-corrected chi connectivity index (χ1v) is 10.3. The van der Waals surface area contributed by atoms with Gasteiger partial charge in [0, 0.05) is 31.6 Å². The van der Waals surface area contributed by atoms with E-state index in [1.54, 1.807) is 11.3 Å². The zero-order valence-corrected chi connectivity index (χ0v) is 14.3. The molecule has 2 aliphatic heterocycles. The molecule has 0 aliphatic carbocycles. The fraction of sp³-hybridized carbons (Fsp3) is 0.714. The number of nitrogens with zero attached hydrogens (tertiary/aromatic N) is 3. The highest BCUT2D eigenvalue weighted by Gasteiger charge is 2.35. The summed E-state index contributed by atoms with van der Waals surface area (Å²) < 4.78 is 23.1. The Morgan fingerprint density at radius 2 is 2.14 bits per heavy atom. The minimum Gasteiger partial charge on any atom is -0.346 e. The van der Waals surface area contributed by atoms with E-state index in [1.807, 2.05) is 17.2 Å². The van der Waals surface area contributed by atoms with Crippen molar-refractivity contribution in [1.82, 2.24) is 9.88 Å². The molecular formula is C14H21N3O3S2. The van der Waals surface area contributed by atoms with Crippen molar-refractivity contribution in [3.05, 3.63) is 11.1 Å². The Balaban J connectivity index is 1.62. The molecular weight excluding hydrogens is 322 g/mol. The summed E-state index contributed by atoms with van der Waals surface area (Å²) in [6, 6.07) is 0. The molecule has 0 N–H and O–H groups in total. The molecule has 1 aromatic heterocycles. The van der Waals surface area contributed by atoms with Gasteiger partial charge in [-0.3, -0.25) is 4.79 Å². The number of carbonyl (C=O) groups is 1. The molecule has 3 heterocycles. The fourth-order valence-corrected chi connectivity index (χ4v) is 5.65. The maximum Gasteiger partial charge on any atom is 0.226 e. The van der Waals surface area contributed by atoms with Gasteiger partial charge >= 0.3 is 0 Å². The van der Waals surface area contributed by atoms with E-state index in [4.69, 9.17) is 0 Å². The molecule has 8 heteroatoms. The van der Waals surface area contributed by atoms with Gasteiger partial charge in [-0.15, -0.1) is 11.3 Å². The molecule has 1 amide bonds. The van der Waals surface area contributed by atoms with E-state index >= 15 is 0 Å². The van der Waals surface area contributed by atoms with Crippen molar-refractivity contribution in [2.45, 2.75) is 19.8 Å². The second-order valence-corrected chi connectivity index (χ2v) is 9.10. The molecule has 0 radical (unpaired) electrons. The van der Waals surface area contributed by atoms with Gasteiger partial charge in [0.15, 0.2) is 15.0 Å². The first kappa shape index (κ1) is 15.7. The van der Waals surface area contributed by atoms with E-state index in [-0.39, 0.29) is 23.3 Å². The van der Waals surface area contributed by atoms with E-state index in [0.717, 1.165) is 30.3 Å². The summed E-state index contributed by atoms with van der Waals surface area (Å²) in [6.45, 7) is 4.98. The molecule has 122 valence electrons. The maximum absolute atomic E-state index is 12.5. The van der Waals surface area contributed by atoms with E-state index < -0.39 is 9.84 Å². The van der Waals surface area contributed by atoms with Crippen molar-refractivity contribution >= 4 is 32.2 Å². The summed E-state index contributed by atoms with van der Waals surface area (Å²) in [6.07, 6.45) is 1.37. The molecule has 0 aromatic carbocycles. The quantitative estimate of drug-likeness (QED) is 0.799. The minimum atomic E-state index is -3.01. The first-order valence-electron chi connectivity index (χ1n) is 7.61. The standard InChI is InChI=1S/C14H21N3O3S2/c1-11-9-21-14(15-11)17-5-2-4-16(6-7-17)13(18)12-3-8-22(19,20)10-12/h9,12H,2-8,10H2,1H3/t12-/m0/s1. The Hall–Kier alpha value is -1.15. The molecule has 1 atom stereocenters. The summed E-state index contributed by atoms with van der Waals surface area (Å²) in [5.41, 5.74) is 1.02. The summed E-state index contributed by atoms with van der Waals surface area (Å²) in [5, 5.41) is 3.04. The Morgan fingerprint density at radius 1 is 1.32 bits per heavy atom. The van der Waals surface area contributed by atoms with Gasteiger partial charge in [0.2, 0.25) is 5.91 Å². The minimum absolute atomic E-state index is 0.0123. The average molecular weight is 343 g/mol. The molecule has 1 aromatic rings. The van der Waals surface area contributed by atoms with E-state index in [0.29, 0.717) is 19.5 Å². The van der Waals surface area contributed by atoms with Gasteiger partial charge in [-0.1, -0.05) is 0 Å². The van der Waals surface area contributed by atoms with Crippen LogP contribution in [0, 0.1) is 12.8 Å². The summed E-state index contributed by atoms with van der Waals surface area (Å²) in [7, 11) is -3.01. The monoisotopic (exact) mass is 343 g/mol. The molecule has 0 saturated carbocycles. The number of sulfone groups is 1. The molecule has 3 rings (SSSR count). The lowest BCUT2D eigenvalue weighted by Crippen LogP contribution is -2.39. The Morgan fingerprint density at radius 3 is 2.77 bits per heavy atom. The number of carbonyl (C=O) groups excluding carboxylic acids is 1. The lowest BCUT2D eigenvalue weighted by Gasteiger charge is -2.24. The number of anilines is 1. The number of amides is 1. The summed E-state index contributed by atoms with van der Waals surface area (Å²) in [5.74, 6) is -0.142. The SMILES string of the molecule is Cc1csc(N2CCCN(C(=O)[C@H]3CCS(=O)(=O)C3)CC2)n1. The van der Waals surface area contributed by atoms with Gasteiger partial charge in [-0.25, -0.2) is 13.4 Å². The predicted molar refractivity (Wildman–Crippen MR) is 87.0 cm³/mol. The number of thiazole rings is 1. The Bertz CT molecular complexity index is 656. The van der Waals surface area contributed by atoms with Crippen LogP contribution in [0.15, 0.2) is 5.38 Å². The van der Waals surface area contributed by atoms with Gasteiger partial charge in [0.1, 0.15) is 0 Å². The summed E-state index contributed by atoms with van der Waals surface area (Å²) >= 11 is 1.63. The largest absolute Gasteiger partial charge is 0.346 e. The van der Waals surface area contributed by atoms with Crippen LogP contribution in [0.25, 0.3) is 0 Å². The molecule has 0 spiro atoms. The van der Waals surface area contributed by atoms with Crippen molar-refractivity contribution in [2.24, 2.45) is 5.92 Å². The highest BCUT2D eigenvalue weighted by molar-refractivity contribution is 7.91. The number of hydrogen-bond acceptors (Lipinski definition) is 6. The second-order valence-electron chi connectivity index (χ2n) is 6.04. The van der Waals surface area contributed by atoms with Crippen molar-refractivity contribution in [3.63, 3.8) is 0 Å². The lowest BCUT2D eigenvalue weighted by atomic mass is 10.1. The maximum atomic E-state index is 12.5. The van der Waals surface area contributed by atoms with E-state index in [1.165, 1.54) is 0 Å². The van der Waals surface area contributed by atoms with Crippen LogP contribution in [-0.4, -0.2) is 61.9 Å². The third-order valence-corrected chi connectivity index (χ3v) is 7.05. The molecule has 2 aliphatic rings. The Kier molecular flexibility index (Phi) is 4.40. The third kappa shape index (κ3) is 3.43. The van der Waals surface area contributed by atoms with Crippen LogP contribution < -0.4 is 4.90 Å². The van der Waals surface area contributed by atoms with Gasteiger partial charge in [0.25, 0.3) is 0 Å². The molecule has 22 heavy (non-hydrogen) atoms. The second kappa shape index (κ2) is 6.16. The topological polar surface area (TPSA) is 70.6 Å². The zero-order chi connectivity index (χ0) is 15.7. The lowest BCUT2D eigenvalue weighted by molar-refractivity contribution is -0.134. The van der Waals surface area contributed by atoms with Gasteiger partial charge < -0.3 is 9.80 Å². The van der Waals surface area contributed by atoms with Gasteiger partial charge in [-0.2, -0.15) is 0 Å². The number of hydrogen-bond donors (Lipinski definition) is 0. The smallest absolute Gasteiger partial charge is 0.226 e. The fourth-order valence-electron chi connectivity index (χ4n) is 3.06. The van der Waals surface area contributed by atoms with Crippen molar-refractivity contribution in [2.75, 3.05) is 42.6 Å². The van der Waals surface area contributed by atoms with Crippen LogP contribution in [0.3, 0.4) is 0 Å². The van der Waals surface area contributed by atoms with Crippen molar-refractivity contribution in [1.29, 1.82) is 0 Å². The number of aromatic nitrogens is 1. The summed E-state index contributed by atoms with van der Waals surface area (Å²) in [4.78, 5) is 21.1. The van der Waals surface area contributed by atoms with Crippen molar-refractivity contribution < 1.29 is 13.2 Å². The van der Waals surface area contributed by atoms with E-state index in [2.05, 4.69) is 9.88 Å². The number of rotatable bonds is 2. The van der Waals surface area contributed by atoms with Crippen LogP contribution in [0.5, 0.6) is 0 Å². The normalized spacial score (nSPS) is 25.2. The van der Waals surface area contributed by atoms with Crippen molar-refractivity contribution in [3.8, 4) is 0 Å². The Labute approximate surface area is 135 Å². The van der Waals surface area contributed by atoms with Crippen LogP contribution in [0.2, 0.25) is 0 Å². The van der Waals surface area contributed by atoms with Gasteiger partial charge in [-0.05, 0) is 19.8 Å². The molecule has 2 fully saturated rings. The molecule has 0 unspecified atom stereocenters. The van der Waals surface area contributed by atoms with Crippen LogP contribution in [0.1, 0.15) is 18.5 Å². The third-order valence-electron chi connectivity index (χ3n) is 4.27. The predicted octanol–water partition coefficient (Wildman–Crippen LogP) is 0.925. The van der Waals surface area contributed by atoms with Crippen LogP contribution >= 0.6 is 11.3 Å². The number of aryl methyl sites for hydroxylation is 1. The highest BCUT2D eigenvalue weighted by atomic mass is 32.2. The zero-order valence-electron chi connectivity index (χ0n) is 12.7. The first-order chi connectivity index (χ1) is 10.4.